The molecule has 7 nitrogen and oxygen atoms in total. The predicted octanol–water partition coefficient (Wildman–Crippen LogP) is 1.88. The molecule has 27 heavy (non-hydrogen) atoms. The zero-order valence-corrected chi connectivity index (χ0v) is 15.8. The second kappa shape index (κ2) is 7.31. The molecule has 3 N–H and O–H groups in total. The molecule has 2 heterocycles. The molecule has 0 bridgehead atoms. The normalized spacial score (nSPS) is 30.7. The highest BCUT2D eigenvalue weighted by Crippen LogP contribution is 2.49. The standard InChI is InChI=1S/C20H26N2O5/c1-4-10-27-13-8-6-12(7-9-13)16-14-15(18(24)21-17(14)23)20(22-16,19(25)26)11(3)5-2/h6-9,11,14-16,22H,4-5,10H2,1-3H3,(H,25,26)(H,21,23,24). The van der Waals surface area contributed by atoms with Gasteiger partial charge in [0.1, 0.15) is 11.3 Å². The van der Waals surface area contributed by atoms with E-state index >= 15 is 0 Å². The number of aliphatic carboxylic acids is 1. The van der Waals surface area contributed by atoms with Gasteiger partial charge in [-0.3, -0.25) is 25.0 Å². The SMILES string of the molecule is CCCOc1ccc(C2NC(C(=O)O)(C(C)CC)C3C(=O)NC(=O)C23)cc1. The van der Waals surface area contributed by atoms with Crippen LogP contribution in [-0.4, -0.2) is 35.0 Å². The van der Waals surface area contributed by atoms with Crippen LogP contribution >= 0.6 is 0 Å². The van der Waals surface area contributed by atoms with E-state index in [1.165, 1.54) is 0 Å². The molecule has 0 saturated carbocycles. The zero-order chi connectivity index (χ0) is 19.8. The third-order valence-electron chi connectivity index (χ3n) is 5.89. The molecule has 0 aromatic heterocycles. The van der Waals surface area contributed by atoms with Crippen LogP contribution < -0.4 is 15.4 Å². The van der Waals surface area contributed by atoms with E-state index in [9.17, 15) is 19.5 Å². The van der Waals surface area contributed by atoms with Crippen molar-refractivity contribution >= 4 is 17.8 Å². The number of hydrogen-bond acceptors (Lipinski definition) is 5. The van der Waals surface area contributed by atoms with Gasteiger partial charge in [0.2, 0.25) is 11.8 Å². The number of fused-ring (bicyclic) bond motifs is 1. The lowest BCUT2D eigenvalue weighted by Gasteiger charge is -2.35. The van der Waals surface area contributed by atoms with E-state index in [4.69, 9.17) is 4.74 Å². The quantitative estimate of drug-likeness (QED) is 0.630. The van der Waals surface area contributed by atoms with E-state index in [0.717, 1.165) is 12.0 Å². The molecule has 1 aromatic carbocycles. The largest absolute Gasteiger partial charge is 0.494 e. The van der Waals surface area contributed by atoms with Crippen molar-refractivity contribution < 1.29 is 24.2 Å². The number of imide groups is 1. The molecule has 0 radical (unpaired) electrons. The Morgan fingerprint density at radius 1 is 1.22 bits per heavy atom. The Balaban J connectivity index is 2.00. The summed E-state index contributed by atoms with van der Waals surface area (Å²) < 4.78 is 5.58. The molecule has 0 aliphatic carbocycles. The number of amides is 2. The number of rotatable bonds is 7. The Kier molecular flexibility index (Phi) is 5.24. The number of carbonyl (C=O) groups is 3. The van der Waals surface area contributed by atoms with Crippen molar-refractivity contribution in [2.75, 3.05) is 6.61 Å². The molecule has 2 saturated heterocycles. The average molecular weight is 374 g/mol. The minimum atomic E-state index is -1.47. The summed E-state index contributed by atoms with van der Waals surface area (Å²) in [6.45, 7) is 6.32. The van der Waals surface area contributed by atoms with Crippen LogP contribution in [-0.2, 0) is 14.4 Å². The van der Waals surface area contributed by atoms with Gasteiger partial charge in [-0.1, -0.05) is 39.3 Å². The smallest absolute Gasteiger partial charge is 0.325 e. The van der Waals surface area contributed by atoms with E-state index in [1.807, 2.05) is 26.0 Å². The third kappa shape index (κ3) is 3.00. The van der Waals surface area contributed by atoms with Crippen LogP contribution in [0.2, 0.25) is 0 Å². The van der Waals surface area contributed by atoms with Crippen LogP contribution in [0, 0.1) is 17.8 Å². The lowest BCUT2D eigenvalue weighted by molar-refractivity contribution is -0.152. The minimum absolute atomic E-state index is 0.323. The van der Waals surface area contributed by atoms with Gasteiger partial charge >= 0.3 is 5.97 Å². The van der Waals surface area contributed by atoms with E-state index in [-0.39, 0.29) is 5.92 Å². The van der Waals surface area contributed by atoms with Crippen molar-refractivity contribution in [1.82, 2.24) is 10.6 Å². The summed E-state index contributed by atoms with van der Waals surface area (Å²) in [5, 5.41) is 15.6. The van der Waals surface area contributed by atoms with Gasteiger partial charge in [0.25, 0.3) is 0 Å². The highest BCUT2D eigenvalue weighted by molar-refractivity contribution is 6.09. The first-order chi connectivity index (χ1) is 12.9. The molecular formula is C20H26N2O5. The average Bonchev–Trinajstić information content (AvgIpc) is 3.17. The Bertz CT molecular complexity index is 747. The van der Waals surface area contributed by atoms with E-state index in [0.29, 0.717) is 18.8 Å². The summed E-state index contributed by atoms with van der Waals surface area (Å²) >= 11 is 0. The summed E-state index contributed by atoms with van der Waals surface area (Å²) in [5.41, 5.74) is -0.706. The summed E-state index contributed by atoms with van der Waals surface area (Å²) in [6.07, 6.45) is 1.47. The number of ether oxygens (including phenoxy) is 1. The maximum Gasteiger partial charge on any atom is 0.325 e. The topological polar surface area (TPSA) is 105 Å². The number of hydrogen-bond donors (Lipinski definition) is 3. The van der Waals surface area contributed by atoms with E-state index in [1.54, 1.807) is 19.1 Å². The predicted molar refractivity (Wildman–Crippen MR) is 98.1 cm³/mol. The number of benzene rings is 1. The lowest BCUT2D eigenvalue weighted by Crippen LogP contribution is -2.59. The Morgan fingerprint density at radius 3 is 2.44 bits per heavy atom. The number of carbonyl (C=O) groups excluding carboxylic acids is 2. The number of carboxylic acid groups (broad SMARTS) is 1. The van der Waals surface area contributed by atoms with Crippen molar-refractivity contribution in [3.63, 3.8) is 0 Å². The first-order valence-electron chi connectivity index (χ1n) is 9.45. The molecule has 1 aromatic rings. The molecule has 5 atom stereocenters. The monoisotopic (exact) mass is 374 g/mol. The third-order valence-corrected chi connectivity index (χ3v) is 5.89. The highest BCUT2D eigenvalue weighted by Gasteiger charge is 2.67. The van der Waals surface area contributed by atoms with Crippen LogP contribution in [0.25, 0.3) is 0 Å². The van der Waals surface area contributed by atoms with Gasteiger partial charge < -0.3 is 9.84 Å². The molecule has 0 spiro atoms. The second-order valence-corrected chi connectivity index (χ2v) is 7.38. The van der Waals surface area contributed by atoms with E-state index < -0.39 is 41.2 Å². The number of nitrogens with one attached hydrogen (secondary N) is 2. The zero-order valence-electron chi connectivity index (χ0n) is 15.8. The Morgan fingerprint density at radius 2 is 1.89 bits per heavy atom. The number of carboxylic acids is 1. The molecule has 146 valence electrons. The Hall–Kier alpha value is -2.41. The molecule has 2 fully saturated rings. The maximum absolute atomic E-state index is 12.5. The summed E-state index contributed by atoms with van der Waals surface area (Å²) in [4.78, 5) is 37.3. The van der Waals surface area contributed by atoms with Crippen LogP contribution in [0.5, 0.6) is 5.75 Å². The van der Waals surface area contributed by atoms with Gasteiger partial charge in [-0.25, -0.2) is 0 Å². The van der Waals surface area contributed by atoms with Gasteiger partial charge in [0.05, 0.1) is 18.4 Å². The van der Waals surface area contributed by atoms with Gasteiger partial charge in [-0.2, -0.15) is 0 Å². The van der Waals surface area contributed by atoms with Crippen LogP contribution in [0.15, 0.2) is 24.3 Å². The van der Waals surface area contributed by atoms with Crippen LogP contribution in [0.3, 0.4) is 0 Å². The van der Waals surface area contributed by atoms with Crippen molar-refractivity contribution in [3.05, 3.63) is 29.8 Å². The lowest BCUT2D eigenvalue weighted by atomic mass is 9.72. The maximum atomic E-state index is 12.5. The summed E-state index contributed by atoms with van der Waals surface area (Å²) in [7, 11) is 0. The fraction of sp³-hybridized carbons (Fsp3) is 0.550. The molecule has 5 unspecified atom stereocenters. The Labute approximate surface area is 158 Å². The van der Waals surface area contributed by atoms with Gasteiger partial charge in [-0.15, -0.1) is 0 Å². The van der Waals surface area contributed by atoms with Crippen molar-refractivity contribution in [1.29, 1.82) is 0 Å². The molecule has 2 aliphatic rings. The fourth-order valence-corrected chi connectivity index (χ4v) is 4.33. The second-order valence-electron chi connectivity index (χ2n) is 7.38. The highest BCUT2D eigenvalue weighted by atomic mass is 16.5. The van der Waals surface area contributed by atoms with Crippen molar-refractivity contribution in [2.45, 2.75) is 45.2 Å². The molecular weight excluding hydrogens is 348 g/mol. The van der Waals surface area contributed by atoms with Crippen molar-refractivity contribution in [2.24, 2.45) is 17.8 Å². The van der Waals surface area contributed by atoms with E-state index in [2.05, 4.69) is 10.6 Å². The fourth-order valence-electron chi connectivity index (χ4n) is 4.33. The van der Waals surface area contributed by atoms with Gasteiger partial charge in [0, 0.05) is 6.04 Å². The first-order valence-corrected chi connectivity index (χ1v) is 9.45. The van der Waals surface area contributed by atoms with Crippen LogP contribution in [0.1, 0.15) is 45.2 Å². The van der Waals surface area contributed by atoms with Gasteiger partial charge in [0.15, 0.2) is 0 Å². The minimum Gasteiger partial charge on any atom is -0.494 e. The van der Waals surface area contributed by atoms with Crippen LogP contribution in [0.4, 0.5) is 0 Å². The summed E-state index contributed by atoms with van der Waals surface area (Å²) in [5.74, 6) is -3.30. The van der Waals surface area contributed by atoms with Gasteiger partial charge in [-0.05, 0) is 30.0 Å². The molecule has 2 aliphatic heterocycles. The first kappa shape index (κ1) is 19.4. The molecule has 2 amide bonds. The molecule has 7 heteroatoms. The molecule has 3 rings (SSSR count). The van der Waals surface area contributed by atoms with Crippen molar-refractivity contribution in [3.8, 4) is 5.75 Å². The summed E-state index contributed by atoms with van der Waals surface area (Å²) in [6, 6.07) is 6.71.